The van der Waals surface area contributed by atoms with Crippen LogP contribution in [-0.4, -0.2) is 29.0 Å². The van der Waals surface area contributed by atoms with Gasteiger partial charge in [0.2, 0.25) is 0 Å². The van der Waals surface area contributed by atoms with E-state index in [1.807, 2.05) is 4.90 Å². The van der Waals surface area contributed by atoms with Crippen LogP contribution in [0.3, 0.4) is 0 Å². The average molecular weight is 260 g/mol. The largest absolute Gasteiger partial charge is 0.353 e. The van der Waals surface area contributed by atoms with Crippen LogP contribution in [0.5, 0.6) is 0 Å². The second-order valence-electron chi connectivity index (χ2n) is 4.74. The zero-order valence-electron chi connectivity index (χ0n) is 9.11. The molecule has 1 aromatic heterocycles. The summed E-state index contributed by atoms with van der Waals surface area (Å²) in [4.78, 5) is 9.88. The fourth-order valence-electron chi connectivity index (χ4n) is 2.90. The van der Waals surface area contributed by atoms with Crippen molar-refractivity contribution in [2.75, 3.05) is 18.0 Å². The third kappa shape index (κ3) is 1.76. The Bertz CT molecular complexity index is 440. The van der Waals surface area contributed by atoms with Gasteiger partial charge in [0.15, 0.2) is 11.0 Å². The van der Waals surface area contributed by atoms with Crippen LogP contribution in [0.2, 0.25) is 5.15 Å². The topological polar surface area (TPSA) is 29.0 Å². The second kappa shape index (κ2) is 3.77. The number of hydrogen-bond donors (Lipinski definition) is 0. The lowest BCUT2D eigenvalue weighted by atomic mass is 9.99. The van der Waals surface area contributed by atoms with Gasteiger partial charge in [-0.2, -0.15) is 0 Å². The van der Waals surface area contributed by atoms with Crippen molar-refractivity contribution in [2.45, 2.75) is 18.8 Å². The number of alkyl halides is 2. The molecule has 1 aliphatic carbocycles. The molecule has 0 bridgehead atoms. The van der Waals surface area contributed by atoms with Gasteiger partial charge in [-0.25, -0.2) is 18.7 Å². The molecule has 17 heavy (non-hydrogen) atoms. The number of rotatable bonds is 1. The molecule has 0 N–H and O–H groups in total. The number of aromatic nitrogens is 2. The Balaban J connectivity index is 1.84. The average Bonchev–Trinajstić information content (AvgIpc) is 2.81. The van der Waals surface area contributed by atoms with E-state index in [0.717, 1.165) is 0 Å². The van der Waals surface area contributed by atoms with Crippen molar-refractivity contribution < 1.29 is 8.78 Å². The van der Waals surface area contributed by atoms with E-state index in [1.165, 1.54) is 12.4 Å². The highest BCUT2D eigenvalue weighted by molar-refractivity contribution is 6.31. The quantitative estimate of drug-likeness (QED) is 0.776. The molecule has 1 aliphatic heterocycles. The Morgan fingerprint density at radius 3 is 2.76 bits per heavy atom. The molecule has 0 radical (unpaired) electrons. The minimum Gasteiger partial charge on any atom is -0.353 e. The number of anilines is 1. The lowest BCUT2D eigenvalue weighted by Crippen LogP contribution is -2.29. The van der Waals surface area contributed by atoms with Crippen molar-refractivity contribution in [2.24, 2.45) is 11.8 Å². The second-order valence-corrected chi connectivity index (χ2v) is 5.10. The van der Waals surface area contributed by atoms with E-state index in [9.17, 15) is 8.78 Å². The first-order valence-electron chi connectivity index (χ1n) is 5.67. The highest BCUT2D eigenvalue weighted by Gasteiger charge is 2.54. The summed E-state index contributed by atoms with van der Waals surface area (Å²) in [7, 11) is 0. The summed E-state index contributed by atoms with van der Waals surface area (Å²) in [5.74, 6) is -2.50. The predicted octanol–water partition coefficient (Wildman–Crippen LogP) is 2.61. The molecule has 6 heteroatoms. The van der Waals surface area contributed by atoms with Gasteiger partial charge in [0.25, 0.3) is 5.92 Å². The third-order valence-electron chi connectivity index (χ3n) is 3.77. The Kier molecular flexibility index (Phi) is 2.47. The lowest BCUT2D eigenvalue weighted by molar-refractivity contribution is -0.0351. The predicted molar refractivity (Wildman–Crippen MR) is 60.4 cm³/mol. The Labute approximate surface area is 103 Å². The molecule has 2 fully saturated rings. The summed E-state index contributed by atoms with van der Waals surface area (Å²) in [5.41, 5.74) is 0. The highest BCUT2D eigenvalue weighted by atomic mass is 35.5. The summed E-state index contributed by atoms with van der Waals surface area (Å²) >= 11 is 5.93. The SMILES string of the molecule is FC1(F)CCC2CN(c3nccnc3Cl)CC21. The Hall–Kier alpha value is -0.970. The molecule has 1 aromatic rings. The smallest absolute Gasteiger partial charge is 0.252 e. The summed E-state index contributed by atoms with van der Waals surface area (Å²) in [6.07, 6.45) is 3.64. The van der Waals surface area contributed by atoms with E-state index in [0.29, 0.717) is 25.3 Å². The molecule has 0 spiro atoms. The molecule has 2 unspecified atom stereocenters. The molecule has 2 aliphatic rings. The molecule has 2 heterocycles. The van der Waals surface area contributed by atoms with E-state index >= 15 is 0 Å². The van der Waals surface area contributed by atoms with Gasteiger partial charge in [0, 0.05) is 37.8 Å². The van der Waals surface area contributed by atoms with Crippen LogP contribution in [0.4, 0.5) is 14.6 Å². The summed E-state index contributed by atoms with van der Waals surface area (Å²) in [6, 6.07) is 0. The van der Waals surface area contributed by atoms with Crippen LogP contribution in [-0.2, 0) is 0 Å². The maximum absolute atomic E-state index is 13.6. The van der Waals surface area contributed by atoms with Crippen molar-refractivity contribution in [1.82, 2.24) is 9.97 Å². The van der Waals surface area contributed by atoms with Gasteiger partial charge in [-0.15, -0.1) is 0 Å². The maximum Gasteiger partial charge on any atom is 0.252 e. The first-order chi connectivity index (χ1) is 8.08. The third-order valence-corrected chi connectivity index (χ3v) is 4.03. The molecule has 1 saturated heterocycles. The number of hydrogen-bond acceptors (Lipinski definition) is 3. The van der Waals surface area contributed by atoms with E-state index in [-0.39, 0.29) is 17.5 Å². The first-order valence-corrected chi connectivity index (χ1v) is 6.05. The van der Waals surface area contributed by atoms with E-state index in [1.54, 1.807) is 0 Å². The molecular weight excluding hydrogens is 248 g/mol. The maximum atomic E-state index is 13.6. The first kappa shape index (κ1) is 11.1. The molecule has 3 nitrogen and oxygen atoms in total. The van der Waals surface area contributed by atoms with E-state index in [4.69, 9.17) is 11.6 Å². The van der Waals surface area contributed by atoms with E-state index < -0.39 is 11.8 Å². The minimum atomic E-state index is -2.53. The van der Waals surface area contributed by atoms with Crippen LogP contribution in [0.25, 0.3) is 0 Å². The molecule has 3 rings (SSSR count). The summed E-state index contributed by atoms with van der Waals surface area (Å²) in [5, 5.41) is 0.288. The van der Waals surface area contributed by atoms with Gasteiger partial charge < -0.3 is 4.90 Å². The Morgan fingerprint density at radius 1 is 1.29 bits per heavy atom. The highest BCUT2D eigenvalue weighted by Crippen LogP contribution is 2.49. The summed E-state index contributed by atoms with van der Waals surface area (Å²) < 4.78 is 27.2. The molecule has 0 aromatic carbocycles. The van der Waals surface area contributed by atoms with Crippen LogP contribution < -0.4 is 4.90 Å². The Morgan fingerprint density at radius 2 is 2.06 bits per heavy atom. The van der Waals surface area contributed by atoms with Crippen LogP contribution >= 0.6 is 11.6 Å². The van der Waals surface area contributed by atoms with Crippen LogP contribution in [0.15, 0.2) is 12.4 Å². The van der Waals surface area contributed by atoms with Gasteiger partial charge in [-0.1, -0.05) is 11.6 Å². The standard InChI is InChI=1S/C11H12ClF2N3/c12-9-10(16-4-3-15-9)17-5-7-1-2-11(13,14)8(7)6-17/h3-4,7-8H,1-2,5-6H2. The molecule has 0 amide bonds. The number of fused-ring (bicyclic) bond motifs is 1. The lowest BCUT2D eigenvalue weighted by Gasteiger charge is -2.21. The van der Waals surface area contributed by atoms with E-state index in [2.05, 4.69) is 9.97 Å². The van der Waals surface area contributed by atoms with Gasteiger partial charge in [0.1, 0.15) is 0 Å². The fraction of sp³-hybridized carbons (Fsp3) is 0.636. The monoisotopic (exact) mass is 259 g/mol. The van der Waals surface area contributed by atoms with Crippen molar-refractivity contribution in [3.8, 4) is 0 Å². The van der Waals surface area contributed by atoms with Crippen molar-refractivity contribution in [3.63, 3.8) is 0 Å². The summed E-state index contributed by atoms with van der Waals surface area (Å²) in [6.45, 7) is 0.939. The molecular formula is C11H12ClF2N3. The van der Waals surface area contributed by atoms with Gasteiger partial charge >= 0.3 is 0 Å². The minimum absolute atomic E-state index is 0.0182. The van der Waals surface area contributed by atoms with Crippen LogP contribution in [0.1, 0.15) is 12.8 Å². The van der Waals surface area contributed by atoms with Gasteiger partial charge in [-0.05, 0) is 12.3 Å². The molecule has 92 valence electrons. The molecule has 1 saturated carbocycles. The zero-order chi connectivity index (χ0) is 12.0. The normalized spacial score (nSPS) is 30.6. The fourth-order valence-corrected chi connectivity index (χ4v) is 3.13. The van der Waals surface area contributed by atoms with Crippen molar-refractivity contribution >= 4 is 17.4 Å². The van der Waals surface area contributed by atoms with Crippen LogP contribution in [0, 0.1) is 11.8 Å². The van der Waals surface area contributed by atoms with Gasteiger partial charge in [-0.3, -0.25) is 0 Å². The van der Waals surface area contributed by atoms with Crippen molar-refractivity contribution in [3.05, 3.63) is 17.5 Å². The van der Waals surface area contributed by atoms with Gasteiger partial charge in [0.05, 0.1) is 0 Å². The zero-order valence-corrected chi connectivity index (χ0v) is 9.87. The molecule has 2 atom stereocenters. The number of halogens is 3. The number of nitrogens with zero attached hydrogens (tertiary/aromatic N) is 3. The van der Waals surface area contributed by atoms with Crippen molar-refractivity contribution in [1.29, 1.82) is 0 Å².